The molecule has 1 aliphatic heterocycles. The number of benzene rings is 2. The number of fused-ring (bicyclic) bond motifs is 3. The number of aryl methyl sites for hydroxylation is 1. The smallest absolute Gasteiger partial charge is 0.267 e. The van der Waals surface area contributed by atoms with Crippen LogP contribution in [0.3, 0.4) is 0 Å². The zero-order valence-corrected chi connectivity index (χ0v) is 20.4. The molecule has 7 heteroatoms. The summed E-state index contributed by atoms with van der Waals surface area (Å²) in [5.74, 6) is 0.630. The van der Waals surface area contributed by atoms with Crippen molar-refractivity contribution in [2.24, 2.45) is 5.92 Å². The second kappa shape index (κ2) is 9.05. The molecule has 4 aromatic rings. The second-order valence-electron chi connectivity index (χ2n) is 8.77. The zero-order valence-electron chi connectivity index (χ0n) is 18.8. The quantitative estimate of drug-likeness (QED) is 0.249. The van der Waals surface area contributed by atoms with Gasteiger partial charge in [-0.3, -0.25) is 9.36 Å². The van der Waals surface area contributed by atoms with Crippen LogP contribution in [-0.4, -0.2) is 15.7 Å². The maximum Gasteiger partial charge on any atom is 0.267 e. The minimum atomic E-state index is -0.266. The molecule has 5 rings (SSSR count). The van der Waals surface area contributed by atoms with Gasteiger partial charge in [0.05, 0.1) is 23.8 Å². The van der Waals surface area contributed by atoms with E-state index in [2.05, 4.69) is 13.8 Å². The van der Waals surface area contributed by atoms with Crippen LogP contribution in [0.25, 0.3) is 15.9 Å². The first-order valence-corrected chi connectivity index (χ1v) is 12.8. The molecule has 1 atom stereocenters. The van der Waals surface area contributed by atoms with E-state index < -0.39 is 0 Å². The van der Waals surface area contributed by atoms with Crippen molar-refractivity contribution in [2.75, 3.05) is 0 Å². The molecule has 33 heavy (non-hydrogen) atoms. The highest BCUT2D eigenvalue weighted by Gasteiger charge is 2.28. The van der Waals surface area contributed by atoms with Crippen LogP contribution in [-0.2, 0) is 23.5 Å². The number of ether oxygens (including phenoxy) is 1. The molecule has 2 aromatic carbocycles. The van der Waals surface area contributed by atoms with Crippen molar-refractivity contribution in [3.05, 3.63) is 86.3 Å². The van der Waals surface area contributed by atoms with Gasteiger partial charge in [0.1, 0.15) is 10.6 Å². The lowest BCUT2D eigenvalue weighted by molar-refractivity contribution is 0.00200. The Morgan fingerprint density at radius 2 is 2.06 bits per heavy atom. The minimum Gasteiger partial charge on any atom is -0.372 e. The summed E-state index contributed by atoms with van der Waals surface area (Å²) in [7, 11) is 0. The van der Waals surface area contributed by atoms with E-state index in [0.717, 1.165) is 38.5 Å². The highest BCUT2D eigenvalue weighted by atomic mass is 32.2. The van der Waals surface area contributed by atoms with Crippen LogP contribution in [0.1, 0.15) is 35.4 Å². The monoisotopic (exact) mass is 480 g/mol. The van der Waals surface area contributed by atoms with Gasteiger partial charge in [-0.2, -0.15) is 0 Å². The van der Waals surface area contributed by atoms with Crippen LogP contribution in [0, 0.1) is 18.7 Å². The van der Waals surface area contributed by atoms with Gasteiger partial charge in [-0.05, 0) is 53.8 Å². The van der Waals surface area contributed by atoms with Crippen molar-refractivity contribution in [3.8, 4) is 5.69 Å². The van der Waals surface area contributed by atoms with E-state index in [9.17, 15) is 9.18 Å². The van der Waals surface area contributed by atoms with Crippen molar-refractivity contribution in [1.29, 1.82) is 0 Å². The molecule has 4 nitrogen and oxygen atoms in total. The average Bonchev–Trinajstić information content (AvgIpc) is 3.15. The first kappa shape index (κ1) is 22.3. The molecular formula is C26H25FN2O2S2. The highest BCUT2D eigenvalue weighted by molar-refractivity contribution is 7.98. The number of rotatable bonds is 5. The minimum absolute atomic E-state index is 0.0470. The van der Waals surface area contributed by atoms with E-state index in [0.29, 0.717) is 28.8 Å². The lowest BCUT2D eigenvalue weighted by Crippen LogP contribution is -2.28. The number of nitrogens with zero attached hydrogens (tertiary/aromatic N) is 2. The van der Waals surface area contributed by atoms with Gasteiger partial charge in [0.25, 0.3) is 5.56 Å². The maximum atomic E-state index is 14.0. The third kappa shape index (κ3) is 4.37. The van der Waals surface area contributed by atoms with Gasteiger partial charge >= 0.3 is 0 Å². The number of thioether (sulfide) groups is 1. The molecule has 3 heterocycles. The summed E-state index contributed by atoms with van der Waals surface area (Å²) in [6.45, 7) is 6.83. The van der Waals surface area contributed by atoms with E-state index in [1.807, 2.05) is 37.3 Å². The Balaban J connectivity index is 1.65. The Labute approximate surface area is 200 Å². The SMILES string of the molecule is Cc1cccc(-n2c(SCc3cccc(F)c3)nc3sc4c(c3c2=O)C[C@@H](C(C)C)OC4)c1. The van der Waals surface area contributed by atoms with E-state index in [1.165, 1.54) is 23.9 Å². The summed E-state index contributed by atoms with van der Waals surface area (Å²) in [6, 6.07) is 14.4. The molecular weight excluding hydrogens is 455 g/mol. The molecule has 0 amide bonds. The topological polar surface area (TPSA) is 44.1 Å². The van der Waals surface area contributed by atoms with Crippen LogP contribution < -0.4 is 5.56 Å². The highest BCUT2D eigenvalue weighted by Crippen LogP contribution is 2.36. The fraction of sp³-hybridized carbons (Fsp3) is 0.308. The zero-order chi connectivity index (χ0) is 23.1. The lowest BCUT2D eigenvalue weighted by Gasteiger charge is -2.26. The Bertz CT molecular complexity index is 1390. The molecule has 1 aliphatic rings. The molecule has 0 saturated heterocycles. The molecule has 0 bridgehead atoms. The van der Waals surface area contributed by atoms with E-state index in [1.54, 1.807) is 22.0 Å². The molecule has 0 unspecified atom stereocenters. The Morgan fingerprint density at radius 3 is 2.82 bits per heavy atom. The normalized spacial score (nSPS) is 15.8. The number of thiophene rings is 1. The van der Waals surface area contributed by atoms with E-state index in [4.69, 9.17) is 9.72 Å². The lowest BCUT2D eigenvalue weighted by atomic mass is 9.96. The van der Waals surface area contributed by atoms with Crippen LogP contribution in [0.15, 0.2) is 58.5 Å². The molecule has 0 fully saturated rings. The number of hydrogen-bond acceptors (Lipinski definition) is 5. The van der Waals surface area contributed by atoms with Gasteiger partial charge < -0.3 is 4.74 Å². The third-order valence-electron chi connectivity index (χ3n) is 5.97. The van der Waals surface area contributed by atoms with Crippen LogP contribution in [0.2, 0.25) is 0 Å². The molecule has 170 valence electrons. The Kier molecular flexibility index (Phi) is 6.12. The molecule has 2 aromatic heterocycles. The van der Waals surface area contributed by atoms with Gasteiger partial charge in [0.15, 0.2) is 5.16 Å². The molecule has 0 radical (unpaired) electrons. The molecule has 0 N–H and O–H groups in total. The third-order valence-corrected chi connectivity index (χ3v) is 8.08. The van der Waals surface area contributed by atoms with Gasteiger partial charge in [0, 0.05) is 17.1 Å². The standard InChI is InChI=1S/C26H25FN2O2S2/c1-15(2)21-12-20-22(13-31-21)33-24-23(20)25(30)29(19-9-4-6-16(3)10-19)26(28-24)32-14-17-7-5-8-18(27)11-17/h4-11,15,21H,12-14H2,1-3H3/t21-/m0/s1. The van der Waals surface area contributed by atoms with Crippen LogP contribution in [0.5, 0.6) is 0 Å². The van der Waals surface area contributed by atoms with Crippen LogP contribution >= 0.6 is 23.1 Å². The largest absolute Gasteiger partial charge is 0.372 e. The molecule has 0 spiro atoms. The summed E-state index contributed by atoms with van der Waals surface area (Å²) in [5.41, 5.74) is 3.75. The summed E-state index contributed by atoms with van der Waals surface area (Å²) in [5, 5.41) is 1.32. The maximum absolute atomic E-state index is 14.0. The van der Waals surface area contributed by atoms with Gasteiger partial charge in [-0.25, -0.2) is 9.37 Å². The molecule has 0 aliphatic carbocycles. The van der Waals surface area contributed by atoms with Crippen molar-refractivity contribution in [1.82, 2.24) is 9.55 Å². The second-order valence-corrected chi connectivity index (χ2v) is 10.8. The Morgan fingerprint density at radius 1 is 1.24 bits per heavy atom. The summed E-state index contributed by atoms with van der Waals surface area (Å²) in [4.78, 5) is 20.7. The molecule has 0 saturated carbocycles. The van der Waals surface area contributed by atoms with Crippen molar-refractivity contribution in [2.45, 2.75) is 50.8 Å². The Hall–Kier alpha value is -2.48. The average molecular weight is 481 g/mol. The summed E-state index contributed by atoms with van der Waals surface area (Å²) < 4.78 is 21.4. The van der Waals surface area contributed by atoms with Gasteiger partial charge in [0.2, 0.25) is 0 Å². The number of halogens is 1. The summed E-state index contributed by atoms with van der Waals surface area (Å²) >= 11 is 3.00. The van der Waals surface area contributed by atoms with Gasteiger partial charge in [-0.1, -0.05) is 49.9 Å². The van der Waals surface area contributed by atoms with Crippen molar-refractivity contribution < 1.29 is 9.13 Å². The fourth-order valence-electron chi connectivity index (χ4n) is 4.20. The number of aromatic nitrogens is 2. The van der Waals surface area contributed by atoms with E-state index >= 15 is 0 Å². The predicted molar refractivity (Wildman–Crippen MR) is 133 cm³/mol. The van der Waals surface area contributed by atoms with Gasteiger partial charge in [-0.15, -0.1) is 11.3 Å². The first-order valence-electron chi connectivity index (χ1n) is 11.0. The summed E-state index contributed by atoms with van der Waals surface area (Å²) in [6.07, 6.45) is 0.831. The predicted octanol–water partition coefficient (Wildman–Crippen LogP) is 6.28. The first-order chi connectivity index (χ1) is 15.9. The van der Waals surface area contributed by atoms with Crippen LogP contribution in [0.4, 0.5) is 4.39 Å². The van der Waals surface area contributed by atoms with Crippen molar-refractivity contribution >= 4 is 33.3 Å². The van der Waals surface area contributed by atoms with Crippen molar-refractivity contribution in [3.63, 3.8) is 0 Å². The van der Waals surface area contributed by atoms with E-state index in [-0.39, 0.29) is 17.5 Å². The number of hydrogen-bond donors (Lipinski definition) is 0. The fourth-order valence-corrected chi connectivity index (χ4v) is 6.32.